The molecular formula is C31H45N3O6. The number of phenolic OH excluding ortho intramolecular Hbond substituents is 2. The highest BCUT2D eigenvalue weighted by Gasteiger charge is 2.38. The van der Waals surface area contributed by atoms with E-state index in [4.69, 9.17) is 4.74 Å². The quantitative estimate of drug-likeness (QED) is 0.305. The Balaban J connectivity index is 2.57. The van der Waals surface area contributed by atoms with E-state index in [2.05, 4.69) is 10.6 Å². The van der Waals surface area contributed by atoms with E-state index in [9.17, 15) is 24.6 Å². The van der Waals surface area contributed by atoms with Crippen molar-refractivity contribution < 1.29 is 29.3 Å². The number of nitrogens with one attached hydrogen (secondary N) is 2. The normalized spacial score (nSPS) is 13.7. The minimum Gasteiger partial charge on any atom is -0.508 e. The first-order valence-electron chi connectivity index (χ1n) is 13.8. The Morgan fingerprint density at radius 1 is 0.975 bits per heavy atom. The number of hydrogen-bond donors (Lipinski definition) is 4. The second-order valence-electron chi connectivity index (χ2n) is 11.6. The molecule has 9 heteroatoms. The van der Waals surface area contributed by atoms with Gasteiger partial charge in [0.25, 0.3) is 0 Å². The van der Waals surface area contributed by atoms with E-state index >= 15 is 0 Å². The molecule has 2 rings (SSSR count). The molecule has 3 unspecified atom stereocenters. The van der Waals surface area contributed by atoms with E-state index in [0.29, 0.717) is 16.7 Å². The number of ether oxygens (including phenoxy) is 1. The van der Waals surface area contributed by atoms with Gasteiger partial charge in [-0.3, -0.25) is 9.59 Å². The average molecular weight is 556 g/mol. The Morgan fingerprint density at radius 2 is 1.60 bits per heavy atom. The molecule has 2 aromatic rings. The average Bonchev–Trinajstić information content (AvgIpc) is 2.83. The molecule has 0 heterocycles. The lowest BCUT2D eigenvalue weighted by Crippen LogP contribution is -2.56. The second kappa shape index (κ2) is 14.1. The van der Waals surface area contributed by atoms with E-state index in [0.717, 1.165) is 12.8 Å². The first-order valence-corrected chi connectivity index (χ1v) is 13.8. The smallest absolute Gasteiger partial charge is 0.408 e. The highest BCUT2D eigenvalue weighted by molar-refractivity contribution is 5.92. The molecule has 0 aliphatic heterocycles. The molecule has 0 fully saturated rings. The number of alkyl carbamates (subject to hydrolysis) is 1. The van der Waals surface area contributed by atoms with Crippen molar-refractivity contribution in [2.45, 2.75) is 104 Å². The third-order valence-electron chi connectivity index (χ3n) is 6.35. The summed E-state index contributed by atoms with van der Waals surface area (Å²) in [5.74, 6) is -0.658. The van der Waals surface area contributed by atoms with Crippen LogP contribution in [0.5, 0.6) is 11.5 Å². The van der Waals surface area contributed by atoms with Crippen LogP contribution in [0.25, 0.3) is 0 Å². The van der Waals surface area contributed by atoms with Crippen molar-refractivity contribution in [2.24, 2.45) is 0 Å². The minimum absolute atomic E-state index is 0.0798. The van der Waals surface area contributed by atoms with E-state index in [1.807, 2.05) is 27.7 Å². The van der Waals surface area contributed by atoms with Crippen LogP contribution < -0.4 is 10.6 Å². The Kier molecular flexibility index (Phi) is 11.4. The molecule has 0 spiro atoms. The predicted molar refractivity (Wildman–Crippen MR) is 155 cm³/mol. The van der Waals surface area contributed by atoms with Crippen molar-refractivity contribution in [2.75, 3.05) is 0 Å². The van der Waals surface area contributed by atoms with Gasteiger partial charge in [-0.2, -0.15) is 0 Å². The van der Waals surface area contributed by atoms with Crippen molar-refractivity contribution >= 4 is 17.9 Å². The molecule has 0 aliphatic carbocycles. The van der Waals surface area contributed by atoms with Gasteiger partial charge in [-0.1, -0.05) is 31.5 Å². The fourth-order valence-electron chi connectivity index (χ4n) is 4.49. The summed E-state index contributed by atoms with van der Waals surface area (Å²) < 4.78 is 5.45. The third kappa shape index (κ3) is 9.47. The van der Waals surface area contributed by atoms with Crippen LogP contribution >= 0.6 is 0 Å². The van der Waals surface area contributed by atoms with Gasteiger partial charge in [0.05, 0.1) is 0 Å². The Hall–Kier alpha value is -3.75. The number of amides is 3. The monoisotopic (exact) mass is 555 g/mol. The predicted octanol–water partition coefficient (Wildman–Crippen LogP) is 5.13. The summed E-state index contributed by atoms with van der Waals surface area (Å²) in [7, 11) is 0. The zero-order valence-electron chi connectivity index (χ0n) is 24.9. The molecule has 3 atom stereocenters. The van der Waals surface area contributed by atoms with Crippen molar-refractivity contribution in [3.05, 3.63) is 59.2 Å². The second-order valence-corrected chi connectivity index (χ2v) is 11.6. The van der Waals surface area contributed by atoms with E-state index in [1.54, 1.807) is 52.0 Å². The summed E-state index contributed by atoms with van der Waals surface area (Å²) in [6, 6.07) is 8.58. The third-order valence-corrected chi connectivity index (χ3v) is 6.35. The number of carbonyl (C=O) groups excluding carboxylic acids is 3. The topological polar surface area (TPSA) is 128 Å². The molecule has 9 nitrogen and oxygen atoms in total. The first kappa shape index (κ1) is 32.5. The van der Waals surface area contributed by atoms with Crippen molar-refractivity contribution in [3.8, 4) is 11.5 Å². The molecule has 3 amide bonds. The number of aryl methyl sites for hydroxylation is 1. The van der Waals surface area contributed by atoms with Crippen LogP contribution in [-0.2, 0) is 20.7 Å². The maximum atomic E-state index is 14.3. The zero-order valence-corrected chi connectivity index (χ0v) is 24.9. The van der Waals surface area contributed by atoms with Crippen LogP contribution in [0, 0.1) is 6.92 Å². The number of benzene rings is 2. The zero-order chi connectivity index (χ0) is 30.2. The van der Waals surface area contributed by atoms with Gasteiger partial charge in [-0.05, 0) is 95.8 Å². The summed E-state index contributed by atoms with van der Waals surface area (Å²) in [5, 5.41) is 25.6. The number of carbonyl (C=O) groups is 3. The Labute approximate surface area is 237 Å². The molecule has 0 saturated carbocycles. The summed E-state index contributed by atoms with van der Waals surface area (Å²) in [6.07, 6.45) is 1.00. The molecule has 0 bridgehead atoms. The van der Waals surface area contributed by atoms with Gasteiger partial charge in [0.15, 0.2) is 0 Å². The Morgan fingerprint density at radius 3 is 2.12 bits per heavy atom. The number of rotatable bonds is 11. The largest absolute Gasteiger partial charge is 0.508 e. The summed E-state index contributed by atoms with van der Waals surface area (Å²) in [6.45, 7) is 14.5. The molecule has 0 aliphatic rings. The summed E-state index contributed by atoms with van der Waals surface area (Å²) in [4.78, 5) is 42.4. The fraction of sp³-hybridized carbons (Fsp3) is 0.516. The minimum atomic E-state index is -1.07. The van der Waals surface area contributed by atoms with Crippen LogP contribution in [0.1, 0.15) is 84.0 Å². The first-order chi connectivity index (χ1) is 18.6. The standard InChI is InChI=1S/C31H45N3O6/c1-9-10-21(5)32-28(37)27(23-13-16-26(36)20(4)17-23)34(19(2)3)29(38)25(33-30(39)40-31(6,7)8)18-22-11-14-24(35)15-12-22/h11-17,19,21,25,27,35-36H,9-10,18H2,1-8H3,(H,32,37)(H,33,39). The molecule has 40 heavy (non-hydrogen) atoms. The molecule has 220 valence electrons. The molecule has 2 aromatic carbocycles. The number of hydrogen-bond acceptors (Lipinski definition) is 6. The molecule has 0 radical (unpaired) electrons. The van der Waals surface area contributed by atoms with Crippen LogP contribution in [-0.4, -0.2) is 56.7 Å². The number of phenols is 2. The lowest BCUT2D eigenvalue weighted by molar-refractivity contribution is -0.144. The van der Waals surface area contributed by atoms with Gasteiger partial charge in [0.1, 0.15) is 29.2 Å². The molecular weight excluding hydrogens is 510 g/mol. The lowest BCUT2D eigenvalue weighted by Gasteiger charge is -2.38. The van der Waals surface area contributed by atoms with Crippen LogP contribution in [0.3, 0.4) is 0 Å². The number of nitrogens with zero attached hydrogens (tertiary/aromatic N) is 1. The van der Waals surface area contributed by atoms with Gasteiger partial charge in [-0.15, -0.1) is 0 Å². The van der Waals surface area contributed by atoms with E-state index in [-0.39, 0.29) is 29.9 Å². The van der Waals surface area contributed by atoms with Gasteiger partial charge in [-0.25, -0.2) is 4.79 Å². The van der Waals surface area contributed by atoms with Gasteiger partial charge in [0, 0.05) is 18.5 Å². The maximum absolute atomic E-state index is 14.3. The molecule has 0 saturated heterocycles. The van der Waals surface area contributed by atoms with Crippen molar-refractivity contribution in [1.82, 2.24) is 15.5 Å². The summed E-state index contributed by atoms with van der Waals surface area (Å²) >= 11 is 0. The van der Waals surface area contributed by atoms with Gasteiger partial charge in [0.2, 0.25) is 11.8 Å². The van der Waals surface area contributed by atoms with Gasteiger partial charge >= 0.3 is 6.09 Å². The molecule has 4 N–H and O–H groups in total. The van der Waals surface area contributed by atoms with Crippen LogP contribution in [0.4, 0.5) is 4.79 Å². The summed E-state index contributed by atoms with van der Waals surface area (Å²) in [5.41, 5.74) is 1.03. The highest BCUT2D eigenvalue weighted by Crippen LogP contribution is 2.29. The maximum Gasteiger partial charge on any atom is 0.408 e. The van der Waals surface area contributed by atoms with Crippen LogP contribution in [0.2, 0.25) is 0 Å². The van der Waals surface area contributed by atoms with Crippen molar-refractivity contribution in [1.29, 1.82) is 0 Å². The Bertz CT molecular complexity index is 1160. The highest BCUT2D eigenvalue weighted by atomic mass is 16.6. The fourth-order valence-corrected chi connectivity index (χ4v) is 4.49. The van der Waals surface area contributed by atoms with E-state index < -0.39 is 35.7 Å². The number of aromatic hydroxyl groups is 2. The SMILES string of the molecule is CCCC(C)NC(=O)C(c1ccc(O)c(C)c1)N(C(=O)C(Cc1ccc(O)cc1)NC(=O)OC(C)(C)C)C(C)C. The van der Waals surface area contributed by atoms with Gasteiger partial charge < -0.3 is 30.5 Å². The molecule has 0 aromatic heterocycles. The van der Waals surface area contributed by atoms with Crippen LogP contribution in [0.15, 0.2) is 42.5 Å². The lowest BCUT2D eigenvalue weighted by atomic mass is 9.97. The van der Waals surface area contributed by atoms with E-state index in [1.165, 1.54) is 23.1 Å². The van der Waals surface area contributed by atoms with Crippen molar-refractivity contribution in [3.63, 3.8) is 0 Å².